The first-order chi connectivity index (χ1) is 6.67. The summed E-state index contributed by atoms with van der Waals surface area (Å²) in [6.45, 7) is 3.65. The second-order valence-corrected chi connectivity index (χ2v) is 4.05. The molecule has 0 radical (unpaired) electrons. The Balaban J connectivity index is 2.32. The fourth-order valence-electron chi connectivity index (χ4n) is 1.71. The van der Waals surface area contributed by atoms with Crippen LogP contribution in [0.15, 0.2) is 0 Å². The molecule has 1 aliphatic rings. The molecule has 1 aliphatic heterocycles. The summed E-state index contributed by atoms with van der Waals surface area (Å²) in [6, 6.07) is -0.0179. The van der Waals surface area contributed by atoms with Crippen LogP contribution < -0.4 is 5.73 Å². The number of hydrogen-bond acceptors (Lipinski definition) is 3. The third kappa shape index (κ3) is 2.96. The van der Waals surface area contributed by atoms with Gasteiger partial charge in [0.25, 0.3) is 0 Å². The Morgan fingerprint density at radius 2 is 2.43 bits per heavy atom. The number of hydrogen-bond donors (Lipinski definition) is 2. The highest BCUT2D eigenvalue weighted by Crippen LogP contribution is 2.16. The molecule has 1 heterocycles. The van der Waals surface area contributed by atoms with Crippen molar-refractivity contribution in [1.82, 2.24) is 4.90 Å². The molecule has 4 nitrogen and oxygen atoms in total. The van der Waals surface area contributed by atoms with Crippen LogP contribution in [0.1, 0.15) is 26.2 Å². The van der Waals surface area contributed by atoms with Crippen LogP contribution in [-0.4, -0.2) is 41.7 Å². The molecule has 82 valence electrons. The minimum Gasteiger partial charge on any atom is -0.396 e. The number of rotatable bonds is 4. The lowest BCUT2D eigenvalue weighted by atomic mass is 10.1. The molecule has 1 rings (SSSR count). The SMILES string of the molecule is CCC(N)CC(=O)N1CCC(CO)C1. The maximum Gasteiger partial charge on any atom is 0.224 e. The quantitative estimate of drug-likeness (QED) is 0.669. The zero-order valence-corrected chi connectivity index (χ0v) is 8.78. The van der Waals surface area contributed by atoms with Crippen LogP contribution in [0.5, 0.6) is 0 Å². The molecule has 14 heavy (non-hydrogen) atoms. The van der Waals surface area contributed by atoms with E-state index in [1.807, 2.05) is 11.8 Å². The summed E-state index contributed by atoms with van der Waals surface area (Å²) in [5.41, 5.74) is 5.71. The third-order valence-corrected chi connectivity index (χ3v) is 2.86. The molecule has 1 fully saturated rings. The second-order valence-electron chi connectivity index (χ2n) is 4.05. The molecule has 2 unspecified atom stereocenters. The highest BCUT2D eigenvalue weighted by molar-refractivity contribution is 5.77. The number of nitrogens with zero attached hydrogens (tertiary/aromatic N) is 1. The van der Waals surface area contributed by atoms with Gasteiger partial charge in [0, 0.05) is 38.1 Å². The van der Waals surface area contributed by atoms with E-state index in [0.29, 0.717) is 13.0 Å². The first kappa shape index (κ1) is 11.5. The molecular formula is C10H20N2O2. The van der Waals surface area contributed by atoms with Crippen molar-refractivity contribution in [3.8, 4) is 0 Å². The van der Waals surface area contributed by atoms with Crippen molar-refractivity contribution in [2.45, 2.75) is 32.2 Å². The van der Waals surface area contributed by atoms with Crippen molar-refractivity contribution < 1.29 is 9.90 Å². The normalized spacial score (nSPS) is 23.9. The lowest BCUT2D eigenvalue weighted by Gasteiger charge is -2.18. The Morgan fingerprint density at radius 3 is 2.93 bits per heavy atom. The Kier molecular flexibility index (Phi) is 4.35. The van der Waals surface area contributed by atoms with E-state index >= 15 is 0 Å². The molecule has 4 heteroatoms. The lowest BCUT2D eigenvalue weighted by molar-refractivity contribution is -0.130. The second kappa shape index (κ2) is 5.32. The number of carbonyl (C=O) groups excluding carboxylic acids is 1. The molecule has 0 bridgehead atoms. The highest BCUT2D eigenvalue weighted by atomic mass is 16.3. The minimum absolute atomic E-state index is 0.0179. The van der Waals surface area contributed by atoms with E-state index in [0.717, 1.165) is 19.4 Å². The van der Waals surface area contributed by atoms with Gasteiger partial charge in [-0.2, -0.15) is 0 Å². The molecule has 2 atom stereocenters. The summed E-state index contributed by atoms with van der Waals surface area (Å²) >= 11 is 0. The summed E-state index contributed by atoms with van der Waals surface area (Å²) < 4.78 is 0. The van der Waals surface area contributed by atoms with Gasteiger partial charge in [-0.3, -0.25) is 4.79 Å². The molecule has 1 saturated heterocycles. The minimum atomic E-state index is -0.0179. The Labute approximate surface area is 85.1 Å². The largest absolute Gasteiger partial charge is 0.396 e. The average molecular weight is 200 g/mol. The molecule has 0 spiro atoms. The van der Waals surface area contributed by atoms with Crippen LogP contribution in [0.2, 0.25) is 0 Å². The monoisotopic (exact) mass is 200 g/mol. The van der Waals surface area contributed by atoms with Crippen molar-refractivity contribution >= 4 is 5.91 Å². The van der Waals surface area contributed by atoms with Gasteiger partial charge in [0.05, 0.1) is 0 Å². The third-order valence-electron chi connectivity index (χ3n) is 2.86. The van der Waals surface area contributed by atoms with E-state index in [1.165, 1.54) is 0 Å². The summed E-state index contributed by atoms with van der Waals surface area (Å²) in [6.07, 6.45) is 2.20. The van der Waals surface area contributed by atoms with Crippen molar-refractivity contribution in [2.75, 3.05) is 19.7 Å². The fraction of sp³-hybridized carbons (Fsp3) is 0.900. The zero-order valence-electron chi connectivity index (χ0n) is 8.78. The maximum atomic E-state index is 11.6. The van der Waals surface area contributed by atoms with Crippen LogP contribution in [0.3, 0.4) is 0 Å². The van der Waals surface area contributed by atoms with E-state index in [2.05, 4.69) is 0 Å². The van der Waals surface area contributed by atoms with Gasteiger partial charge in [-0.15, -0.1) is 0 Å². The number of carbonyl (C=O) groups is 1. The van der Waals surface area contributed by atoms with E-state index in [4.69, 9.17) is 10.8 Å². The van der Waals surface area contributed by atoms with Gasteiger partial charge in [0.1, 0.15) is 0 Å². The van der Waals surface area contributed by atoms with Gasteiger partial charge in [0.15, 0.2) is 0 Å². The zero-order chi connectivity index (χ0) is 10.6. The summed E-state index contributed by atoms with van der Waals surface area (Å²) in [5, 5.41) is 8.93. The van der Waals surface area contributed by atoms with E-state index in [9.17, 15) is 4.79 Å². The molecule has 0 aromatic heterocycles. The Morgan fingerprint density at radius 1 is 1.71 bits per heavy atom. The van der Waals surface area contributed by atoms with E-state index in [1.54, 1.807) is 0 Å². The predicted octanol–water partition coefficient (Wildman–Crippen LogP) is -0.0454. The summed E-state index contributed by atoms with van der Waals surface area (Å²) in [4.78, 5) is 13.5. The van der Waals surface area contributed by atoms with Gasteiger partial charge < -0.3 is 15.7 Å². The number of amides is 1. The van der Waals surface area contributed by atoms with Gasteiger partial charge >= 0.3 is 0 Å². The molecule has 0 aliphatic carbocycles. The average Bonchev–Trinajstić information content (AvgIpc) is 2.65. The number of aliphatic hydroxyl groups is 1. The molecule has 0 saturated carbocycles. The van der Waals surface area contributed by atoms with Gasteiger partial charge in [-0.1, -0.05) is 6.92 Å². The number of aliphatic hydroxyl groups excluding tert-OH is 1. The molecule has 1 amide bonds. The Bertz CT molecular complexity index is 197. The first-order valence-electron chi connectivity index (χ1n) is 5.31. The predicted molar refractivity (Wildman–Crippen MR) is 54.7 cm³/mol. The topological polar surface area (TPSA) is 66.6 Å². The van der Waals surface area contributed by atoms with Gasteiger partial charge in [-0.05, 0) is 12.8 Å². The molecule has 3 N–H and O–H groups in total. The van der Waals surface area contributed by atoms with Crippen molar-refractivity contribution in [3.05, 3.63) is 0 Å². The summed E-state index contributed by atoms with van der Waals surface area (Å²) in [5.74, 6) is 0.409. The fourth-order valence-corrected chi connectivity index (χ4v) is 1.71. The number of likely N-dealkylation sites (tertiary alicyclic amines) is 1. The lowest BCUT2D eigenvalue weighted by Crippen LogP contribution is -2.34. The molecule has 0 aromatic rings. The van der Waals surface area contributed by atoms with E-state index in [-0.39, 0.29) is 24.5 Å². The Hall–Kier alpha value is -0.610. The van der Waals surface area contributed by atoms with Crippen molar-refractivity contribution in [3.63, 3.8) is 0 Å². The van der Waals surface area contributed by atoms with Crippen molar-refractivity contribution in [1.29, 1.82) is 0 Å². The summed E-state index contributed by atoms with van der Waals surface area (Å²) in [7, 11) is 0. The van der Waals surface area contributed by atoms with Crippen LogP contribution in [0, 0.1) is 5.92 Å². The smallest absolute Gasteiger partial charge is 0.224 e. The standard InChI is InChI=1S/C10H20N2O2/c1-2-9(11)5-10(14)12-4-3-8(6-12)7-13/h8-9,13H,2-7,11H2,1H3. The van der Waals surface area contributed by atoms with Crippen LogP contribution >= 0.6 is 0 Å². The van der Waals surface area contributed by atoms with Crippen LogP contribution in [0.4, 0.5) is 0 Å². The van der Waals surface area contributed by atoms with E-state index < -0.39 is 0 Å². The maximum absolute atomic E-state index is 11.6. The first-order valence-corrected chi connectivity index (χ1v) is 5.31. The van der Waals surface area contributed by atoms with Crippen molar-refractivity contribution in [2.24, 2.45) is 11.7 Å². The van der Waals surface area contributed by atoms with Gasteiger partial charge in [-0.25, -0.2) is 0 Å². The van der Waals surface area contributed by atoms with Gasteiger partial charge in [0.2, 0.25) is 5.91 Å². The molecule has 0 aromatic carbocycles. The van der Waals surface area contributed by atoms with Crippen LogP contribution in [-0.2, 0) is 4.79 Å². The number of nitrogens with two attached hydrogens (primary N) is 1. The highest BCUT2D eigenvalue weighted by Gasteiger charge is 2.25. The molecular weight excluding hydrogens is 180 g/mol. The van der Waals surface area contributed by atoms with Crippen LogP contribution in [0.25, 0.3) is 0 Å².